The molecule has 0 radical (unpaired) electrons. The fourth-order valence-electron chi connectivity index (χ4n) is 2.15. The van der Waals surface area contributed by atoms with Gasteiger partial charge in [-0.1, -0.05) is 6.42 Å². The number of hydrogen-bond acceptors (Lipinski definition) is 4. The lowest BCUT2D eigenvalue weighted by Gasteiger charge is -2.26. The first kappa shape index (κ1) is 20.0. The highest BCUT2D eigenvalue weighted by Gasteiger charge is 2.16. The predicted octanol–water partition coefficient (Wildman–Crippen LogP) is 2.97. The van der Waals surface area contributed by atoms with Crippen molar-refractivity contribution in [3.8, 4) is 5.75 Å². The lowest BCUT2D eigenvalue weighted by atomic mass is 10.1. The van der Waals surface area contributed by atoms with Crippen LogP contribution in [0.5, 0.6) is 5.75 Å². The topological polar surface area (TPSA) is 45.7 Å². The van der Waals surface area contributed by atoms with Crippen molar-refractivity contribution in [2.45, 2.75) is 25.8 Å². The van der Waals surface area contributed by atoms with Crippen molar-refractivity contribution in [1.82, 2.24) is 14.8 Å². The average molecular weight is 336 g/mol. The van der Waals surface area contributed by atoms with Crippen molar-refractivity contribution in [2.24, 2.45) is 0 Å². The first-order chi connectivity index (χ1) is 9.16. The molecule has 1 aromatic rings. The van der Waals surface area contributed by atoms with E-state index in [0.29, 0.717) is 5.75 Å². The first-order valence-corrected chi connectivity index (χ1v) is 6.72. The Morgan fingerprint density at radius 1 is 1.29 bits per heavy atom. The number of carbonyl (C=O) groups excluding carboxylic acids is 1. The summed E-state index contributed by atoms with van der Waals surface area (Å²) in [6, 6.07) is 3.59. The van der Waals surface area contributed by atoms with Crippen molar-refractivity contribution >= 4 is 30.9 Å². The molecule has 1 aromatic heterocycles. The number of hydrogen-bond donors (Lipinski definition) is 0. The molecule has 0 atom stereocenters. The van der Waals surface area contributed by atoms with Gasteiger partial charge in [0.1, 0.15) is 0 Å². The summed E-state index contributed by atoms with van der Waals surface area (Å²) >= 11 is 0. The van der Waals surface area contributed by atoms with Crippen LogP contribution in [0, 0.1) is 0 Å². The van der Waals surface area contributed by atoms with Crippen LogP contribution in [0.2, 0.25) is 0 Å². The smallest absolute Gasteiger partial charge is 0.408 e. The van der Waals surface area contributed by atoms with E-state index in [1.807, 2.05) is 0 Å². The monoisotopic (exact) mass is 335 g/mol. The summed E-state index contributed by atoms with van der Waals surface area (Å²) < 4.78 is 5.35. The highest BCUT2D eigenvalue weighted by molar-refractivity contribution is 5.85. The van der Waals surface area contributed by atoms with E-state index >= 15 is 0 Å². The summed E-state index contributed by atoms with van der Waals surface area (Å²) in [7, 11) is 3.34. The van der Waals surface area contributed by atoms with Gasteiger partial charge in [-0.2, -0.15) is 0 Å². The standard InChI is InChI=1S/C14H21N3O2.2ClH/c1-16(2)14(18)19-13-7-6-8-15-12(13)11-17-9-4-3-5-10-17;;/h6-8H,3-5,9-11H2,1-2H3;2*1H. The molecule has 0 unspecified atom stereocenters. The van der Waals surface area contributed by atoms with Crippen molar-refractivity contribution < 1.29 is 9.53 Å². The Labute approximate surface area is 138 Å². The van der Waals surface area contributed by atoms with Gasteiger partial charge in [-0.25, -0.2) is 4.79 Å². The van der Waals surface area contributed by atoms with Gasteiger partial charge in [-0.15, -0.1) is 24.8 Å². The SMILES string of the molecule is CN(C)C(=O)Oc1cccnc1CN1CCCCC1.Cl.Cl. The molecule has 2 heterocycles. The first-order valence-electron chi connectivity index (χ1n) is 6.72. The Hall–Kier alpha value is -1.04. The Morgan fingerprint density at radius 3 is 2.57 bits per heavy atom. The van der Waals surface area contributed by atoms with E-state index in [1.165, 1.54) is 24.2 Å². The zero-order valence-electron chi connectivity index (χ0n) is 12.4. The van der Waals surface area contributed by atoms with Gasteiger partial charge in [-0.3, -0.25) is 9.88 Å². The van der Waals surface area contributed by atoms with Crippen LogP contribution < -0.4 is 4.74 Å². The van der Waals surface area contributed by atoms with E-state index in [9.17, 15) is 4.79 Å². The number of rotatable bonds is 3. The van der Waals surface area contributed by atoms with Crippen molar-refractivity contribution in [2.75, 3.05) is 27.2 Å². The summed E-state index contributed by atoms with van der Waals surface area (Å²) in [5, 5.41) is 0. The fraction of sp³-hybridized carbons (Fsp3) is 0.571. The molecule has 0 N–H and O–H groups in total. The second kappa shape index (κ2) is 9.82. The maximum atomic E-state index is 11.6. The molecule has 1 aliphatic rings. The fourth-order valence-corrected chi connectivity index (χ4v) is 2.15. The normalized spacial score (nSPS) is 14.6. The zero-order valence-corrected chi connectivity index (χ0v) is 14.1. The van der Waals surface area contributed by atoms with E-state index in [-0.39, 0.29) is 30.9 Å². The molecule has 7 heteroatoms. The van der Waals surface area contributed by atoms with E-state index in [2.05, 4.69) is 9.88 Å². The molecule has 0 bridgehead atoms. The zero-order chi connectivity index (χ0) is 13.7. The molecule has 1 aliphatic heterocycles. The van der Waals surface area contributed by atoms with Crippen LogP contribution in [0.25, 0.3) is 0 Å². The van der Waals surface area contributed by atoms with Crippen LogP contribution in [-0.4, -0.2) is 48.1 Å². The number of amides is 1. The number of aromatic nitrogens is 1. The van der Waals surface area contributed by atoms with Gasteiger partial charge in [0.15, 0.2) is 5.75 Å². The number of carbonyl (C=O) groups is 1. The molecule has 0 saturated carbocycles. The van der Waals surface area contributed by atoms with Gasteiger partial charge in [0.25, 0.3) is 0 Å². The second-order valence-electron chi connectivity index (χ2n) is 5.05. The average Bonchev–Trinajstić information content (AvgIpc) is 2.42. The summed E-state index contributed by atoms with van der Waals surface area (Å²) in [5.74, 6) is 0.562. The Kier molecular flexibility index (Phi) is 9.33. The lowest BCUT2D eigenvalue weighted by molar-refractivity contribution is 0.169. The third kappa shape index (κ3) is 6.08. The second-order valence-corrected chi connectivity index (χ2v) is 5.05. The maximum absolute atomic E-state index is 11.6. The molecule has 1 saturated heterocycles. The highest BCUT2D eigenvalue weighted by atomic mass is 35.5. The van der Waals surface area contributed by atoms with Crippen LogP contribution in [0.4, 0.5) is 4.79 Å². The minimum absolute atomic E-state index is 0. The molecular formula is C14H23Cl2N3O2. The van der Waals surface area contributed by atoms with Crippen LogP contribution in [0.15, 0.2) is 18.3 Å². The number of piperidine rings is 1. The Morgan fingerprint density at radius 2 is 1.95 bits per heavy atom. The number of nitrogens with zero attached hydrogens (tertiary/aromatic N) is 3. The molecule has 120 valence electrons. The molecule has 21 heavy (non-hydrogen) atoms. The van der Waals surface area contributed by atoms with Gasteiger partial charge in [0.2, 0.25) is 0 Å². The molecule has 0 aliphatic carbocycles. The summed E-state index contributed by atoms with van der Waals surface area (Å²) in [4.78, 5) is 19.7. The summed E-state index contributed by atoms with van der Waals surface area (Å²) in [5.41, 5.74) is 0.833. The van der Waals surface area contributed by atoms with Gasteiger partial charge in [0, 0.05) is 26.8 Å². The minimum atomic E-state index is -0.368. The summed E-state index contributed by atoms with van der Waals surface area (Å²) in [6.07, 6.45) is 5.15. The van der Waals surface area contributed by atoms with Crippen LogP contribution in [0.3, 0.4) is 0 Å². The Bertz CT molecular complexity index is 438. The number of pyridine rings is 1. The summed E-state index contributed by atoms with van der Waals surface area (Å²) in [6.45, 7) is 2.94. The number of likely N-dealkylation sites (tertiary alicyclic amines) is 1. The quantitative estimate of drug-likeness (QED) is 0.851. The molecule has 0 aromatic carbocycles. The number of halogens is 2. The van der Waals surface area contributed by atoms with Crippen molar-refractivity contribution in [3.63, 3.8) is 0 Å². The van der Waals surface area contributed by atoms with Gasteiger partial charge < -0.3 is 9.64 Å². The lowest BCUT2D eigenvalue weighted by Crippen LogP contribution is -2.30. The van der Waals surface area contributed by atoms with E-state index in [0.717, 1.165) is 25.3 Å². The van der Waals surface area contributed by atoms with Gasteiger partial charge in [0.05, 0.1) is 5.69 Å². The van der Waals surface area contributed by atoms with Gasteiger partial charge >= 0.3 is 6.09 Å². The molecule has 5 nitrogen and oxygen atoms in total. The molecule has 1 amide bonds. The van der Waals surface area contributed by atoms with Crippen LogP contribution in [0.1, 0.15) is 25.0 Å². The molecule has 1 fully saturated rings. The highest BCUT2D eigenvalue weighted by Crippen LogP contribution is 2.20. The number of ether oxygens (including phenoxy) is 1. The van der Waals surface area contributed by atoms with Crippen LogP contribution in [-0.2, 0) is 6.54 Å². The van der Waals surface area contributed by atoms with Gasteiger partial charge in [-0.05, 0) is 38.1 Å². The Balaban J connectivity index is 0.00000200. The maximum Gasteiger partial charge on any atom is 0.414 e. The molecule has 2 rings (SSSR count). The van der Waals surface area contributed by atoms with Crippen molar-refractivity contribution in [3.05, 3.63) is 24.0 Å². The van der Waals surface area contributed by atoms with Crippen LogP contribution >= 0.6 is 24.8 Å². The third-order valence-corrected chi connectivity index (χ3v) is 3.23. The van der Waals surface area contributed by atoms with E-state index in [1.54, 1.807) is 32.4 Å². The largest absolute Gasteiger partial charge is 0.414 e. The predicted molar refractivity (Wildman–Crippen MR) is 87.6 cm³/mol. The minimum Gasteiger partial charge on any atom is -0.408 e. The molecular weight excluding hydrogens is 313 g/mol. The van der Waals surface area contributed by atoms with Crippen molar-refractivity contribution in [1.29, 1.82) is 0 Å². The van der Waals surface area contributed by atoms with E-state index < -0.39 is 0 Å². The van der Waals surface area contributed by atoms with E-state index in [4.69, 9.17) is 4.74 Å². The molecule has 0 spiro atoms. The third-order valence-electron chi connectivity index (χ3n) is 3.23.